The molecule has 9 heteroatoms. The van der Waals surface area contributed by atoms with Crippen molar-refractivity contribution in [1.82, 2.24) is 4.47 Å². The Morgan fingerprint density at radius 3 is 2.44 bits per heavy atom. The van der Waals surface area contributed by atoms with E-state index in [1.807, 2.05) is 0 Å². The van der Waals surface area contributed by atoms with Crippen LogP contribution in [0, 0.1) is 12.7 Å². The molecule has 0 aliphatic carbocycles. The molecular weight excluding hydrogens is 391 g/mol. The summed E-state index contributed by atoms with van der Waals surface area (Å²) in [6.07, 6.45) is 0. The maximum absolute atomic E-state index is 14.0. The number of amides is 1. The van der Waals surface area contributed by atoms with E-state index in [2.05, 4.69) is 5.32 Å². The quantitative estimate of drug-likeness (QED) is 0.652. The number of rotatable bonds is 5. The number of thiophene rings is 1. The lowest BCUT2D eigenvalue weighted by molar-refractivity contribution is -0.0258. The van der Waals surface area contributed by atoms with Crippen LogP contribution in [-0.4, -0.2) is 33.0 Å². The van der Waals surface area contributed by atoms with E-state index in [-0.39, 0.29) is 16.6 Å². The lowest BCUT2D eigenvalue weighted by Crippen LogP contribution is -2.25. The molecule has 0 spiro atoms. The van der Waals surface area contributed by atoms with Crippen molar-refractivity contribution in [3.05, 3.63) is 58.7 Å². The topological polar surface area (TPSA) is 75.7 Å². The molecule has 0 saturated heterocycles. The number of hydroxylamine groups is 1. The molecule has 0 unspecified atom stereocenters. The van der Waals surface area contributed by atoms with Crippen molar-refractivity contribution < 1.29 is 22.4 Å². The van der Waals surface area contributed by atoms with Gasteiger partial charge in [0.1, 0.15) is 5.82 Å². The summed E-state index contributed by atoms with van der Waals surface area (Å²) in [6, 6.07) is 10.4. The largest absolute Gasteiger partial charge is 0.321 e. The van der Waals surface area contributed by atoms with Gasteiger partial charge in [-0.05, 0) is 48.9 Å². The van der Waals surface area contributed by atoms with Crippen molar-refractivity contribution in [2.24, 2.45) is 0 Å². The first-order valence-electron chi connectivity index (χ1n) is 7.87. The van der Waals surface area contributed by atoms with Crippen LogP contribution in [0.15, 0.2) is 47.4 Å². The number of anilines is 1. The van der Waals surface area contributed by atoms with Crippen LogP contribution >= 0.6 is 11.3 Å². The van der Waals surface area contributed by atoms with Gasteiger partial charge < -0.3 is 5.32 Å². The predicted octanol–water partition coefficient (Wildman–Crippen LogP) is 3.78. The number of nitrogens with one attached hydrogen (secondary N) is 1. The normalized spacial score (nSPS) is 11.9. The zero-order valence-electron chi connectivity index (χ0n) is 14.8. The number of nitrogens with zero attached hydrogens (tertiary/aromatic N) is 1. The van der Waals surface area contributed by atoms with Crippen molar-refractivity contribution in [3.63, 3.8) is 0 Å². The summed E-state index contributed by atoms with van der Waals surface area (Å²) < 4.78 is 39.8. The van der Waals surface area contributed by atoms with Gasteiger partial charge in [-0.15, -0.1) is 11.3 Å². The molecule has 0 saturated carbocycles. The summed E-state index contributed by atoms with van der Waals surface area (Å²) in [6.45, 7) is 1.70. The molecule has 3 rings (SSSR count). The van der Waals surface area contributed by atoms with E-state index >= 15 is 0 Å². The van der Waals surface area contributed by atoms with Gasteiger partial charge in [0.25, 0.3) is 15.9 Å². The average Bonchev–Trinajstić information content (AvgIpc) is 2.99. The van der Waals surface area contributed by atoms with Crippen LogP contribution in [0.5, 0.6) is 0 Å². The summed E-state index contributed by atoms with van der Waals surface area (Å²) in [5.74, 6) is -0.741. The second-order valence-electron chi connectivity index (χ2n) is 5.74. The summed E-state index contributed by atoms with van der Waals surface area (Å²) >= 11 is 1.21. The van der Waals surface area contributed by atoms with Gasteiger partial charge in [-0.3, -0.25) is 9.63 Å². The number of benzene rings is 2. The molecule has 0 radical (unpaired) electrons. The van der Waals surface area contributed by atoms with E-state index < -0.39 is 10.0 Å². The molecule has 1 heterocycles. The molecule has 27 heavy (non-hydrogen) atoms. The van der Waals surface area contributed by atoms with Crippen molar-refractivity contribution in [2.75, 3.05) is 19.5 Å². The third kappa shape index (κ3) is 3.59. The van der Waals surface area contributed by atoms with E-state index in [1.165, 1.54) is 55.8 Å². The molecule has 0 aliphatic rings. The molecule has 1 amide bonds. The summed E-state index contributed by atoms with van der Waals surface area (Å²) in [5, 5.41) is 3.15. The maximum Gasteiger partial charge on any atom is 0.266 e. The van der Waals surface area contributed by atoms with Gasteiger partial charge in [0, 0.05) is 22.8 Å². The van der Waals surface area contributed by atoms with Crippen LogP contribution in [-0.2, 0) is 14.9 Å². The third-order valence-corrected chi connectivity index (χ3v) is 7.06. The standard InChI is InChI=1S/C18H17FN2O4S2/c1-11-16-14(19)5-4-6-15(16)26-17(11)18(22)20-12-7-9-13(10-8-12)27(23,24)21(2)25-3/h4-10H,1-3H3,(H,20,22). The van der Waals surface area contributed by atoms with E-state index in [4.69, 9.17) is 4.84 Å². The fourth-order valence-electron chi connectivity index (χ4n) is 2.61. The van der Waals surface area contributed by atoms with Crippen LogP contribution in [0.4, 0.5) is 10.1 Å². The van der Waals surface area contributed by atoms with Gasteiger partial charge in [0.15, 0.2) is 0 Å². The first-order valence-corrected chi connectivity index (χ1v) is 10.1. The van der Waals surface area contributed by atoms with Gasteiger partial charge in [-0.25, -0.2) is 12.8 Å². The number of hydrogen-bond donors (Lipinski definition) is 1. The number of fused-ring (bicyclic) bond motifs is 1. The highest BCUT2D eigenvalue weighted by molar-refractivity contribution is 7.89. The molecule has 1 N–H and O–H groups in total. The highest BCUT2D eigenvalue weighted by Gasteiger charge is 2.21. The Kier molecular flexibility index (Phi) is 5.29. The Balaban J connectivity index is 1.85. The first-order chi connectivity index (χ1) is 12.8. The number of sulfonamides is 1. The second kappa shape index (κ2) is 7.35. The maximum atomic E-state index is 14.0. The summed E-state index contributed by atoms with van der Waals surface area (Å²) in [7, 11) is -1.22. The highest BCUT2D eigenvalue weighted by Crippen LogP contribution is 2.33. The molecule has 142 valence electrons. The monoisotopic (exact) mass is 408 g/mol. The minimum atomic E-state index is -3.76. The van der Waals surface area contributed by atoms with Gasteiger partial charge in [-0.1, -0.05) is 10.5 Å². The van der Waals surface area contributed by atoms with Crippen molar-refractivity contribution in [1.29, 1.82) is 0 Å². The van der Waals surface area contributed by atoms with Crippen molar-refractivity contribution >= 4 is 43.0 Å². The van der Waals surface area contributed by atoms with Crippen LogP contribution in [0.25, 0.3) is 10.1 Å². The van der Waals surface area contributed by atoms with E-state index in [1.54, 1.807) is 19.1 Å². The number of halogens is 1. The van der Waals surface area contributed by atoms with Gasteiger partial charge in [0.05, 0.1) is 16.9 Å². The Morgan fingerprint density at radius 1 is 1.19 bits per heavy atom. The number of carbonyl (C=O) groups excluding carboxylic acids is 1. The fraction of sp³-hybridized carbons (Fsp3) is 0.167. The van der Waals surface area contributed by atoms with Crippen molar-refractivity contribution in [3.8, 4) is 0 Å². The third-order valence-electron chi connectivity index (χ3n) is 4.11. The Labute approximate surface area is 160 Å². The van der Waals surface area contributed by atoms with Crippen LogP contribution in [0.2, 0.25) is 0 Å². The van der Waals surface area contributed by atoms with Crippen molar-refractivity contribution in [2.45, 2.75) is 11.8 Å². The van der Waals surface area contributed by atoms with Gasteiger partial charge in [-0.2, -0.15) is 0 Å². The predicted molar refractivity (Wildman–Crippen MR) is 103 cm³/mol. The lowest BCUT2D eigenvalue weighted by atomic mass is 10.1. The lowest BCUT2D eigenvalue weighted by Gasteiger charge is -2.14. The Morgan fingerprint density at radius 2 is 1.85 bits per heavy atom. The zero-order chi connectivity index (χ0) is 19.8. The molecule has 0 aliphatic heterocycles. The second-order valence-corrected chi connectivity index (χ2v) is 8.73. The zero-order valence-corrected chi connectivity index (χ0v) is 16.4. The average molecular weight is 408 g/mol. The number of carbonyl (C=O) groups is 1. The van der Waals surface area contributed by atoms with Gasteiger partial charge >= 0.3 is 0 Å². The molecule has 3 aromatic rings. The summed E-state index contributed by atoms with van der Waals surface area (Å²) in [5.41, 5.74) is 1.00. The minimum absolute atomic E-state index is 0.0324. The van der Waals surface area contributed by atoms with Crippen LogP contribution in [0.3, 0.4) is 0 Å². The Hall–Kier alpha value is -2.33. The molecule has 0 atom stereocenters. The smallest absolute Gasteiger partial charge is 0.266 e. The molecule has 0 fully saturated rings. The fourth-order valence-corrected chi connectivity index (χ4v) is 4.71. The SMILES string of the molecule is CON(C)S(=O)(=O)c1ccc(NC(=O)c2sc3cccc(F)c3c2C)cc1. The first kappa shape index (κ1) is 19.4. The molecule has 0 bridgehead atoms. The van der Waals surface area contributed by atoms with Crippen LogP contribution in [0.1, 0.15) is 15.2 Å². The highest BCUT2D eigenvalue weighted by atomic mass is 32.2. The number of hydrogen-bond acceptors (Lipinski definition) is 5. The van der Waals surface area contributed by atoms with Crippen LogP contribution < -0.4 is 5.32 Å². The minimum Gasteiger partial charge on any atom is -0.321 e. The summed E-state index contributed by atoms with van der Waals surface area (Å²) in [4.78, 5) is 17.7. The van der Waals surface area contributed by atoms with E-state index in [0.29, 0.717) is 26.2 Å². The molecule has 1 aromatic heterocycles. The molecule has 6 nitrogen and oxygen atoms in total. The molecule has 2 aromatic carbocycles. The Bertz CT molecular complexity index is 1110. The van der Waals surface area contributed by atoms with E-state index in [9.17, 15) is 17.6 Å². The number of aryl methyl sites for hydroxylation is 1. The molecular formula is C18H17FN2O4S2. The van der Waals surface area contributed by atoms with E-state index in [0.717, 1.165) is 4.47 Å². The van der Waals surface area contributed by atoms with Gasteiger partial charge in [0.2, 0.25) is 0 Å².